The highest BCUT2D eigenvalue weighted by Gasteiger charge is 2.15. The van der Waals surface area contributed by atoms with Crippen molar-refractivity contribution in [3.05, 3.63) is 81.5 Å². The number of aromatic nitrogens is 3. The number of nitrogens with one attached hydrogen (secondary N) is 2. The van der Waals surface area contributed by atoms with E-state index in [4.69, 9.17) is 0 Å². The minimum atomic E-state index is -0.344. The first kappa shape index (κ1) is 20.2. The van der Waals surface area contributed by atoms with Crippen molar-refractivity contribution in [2.75, 3.05) is 5.32 Å². The number of carbonyl (C=O) groups excluding carboxylic acids is 1. The first-order chi connectivity index (χ1) is 14.5. The zero-order valence-corrected chi connectivity index (χ0v) is 17.6. The summed E-state index contributed by atoms with van der Waals surface area (Å²) >= 11 is 2.72. The summed E-state index contributed by atoms with van der Waals surface area (Å²) in [5.74, 6) is -0.0733. The van der Waals surface area contributed by atoms with Crippen LogP contribution in [0, 0.1) is 12.7 Å². The van der Waals surface area contributed by atoms with E-state index in [1.165, 1.54) is 35.2 Å². The van der Waals surface area contributed by atoms with Crippen molar-refractivity contribution in [2.24, 2.45) is 0 Å². The first-order valence-corrected chi connectivity index (χ1v) is 10.9. The van der Waals surface area contributed by atoms with E-state index < -0.39 is 0 Å². The number of hydrogen-bond acceptors (Lipinski definition) is 6. The van der Waals surface area contributed by atoms with Gasteiger partial charge in [-0.1, -0.05) is 47.4 Å². The number of H-pyrrole nitrogens is 1. The largest absolute Gasteiger partial charge is 0.302 e. The molecule has 0 saturated heterocycles. The number of rotatable bonds is 6. The molecule has 1 amide bonds. The van der Waals surface area contributed by atoms with Gasteiger partial charge in [0.2, 0.25) is 5.91 Å². The molecule has 0 aliphatic carbocycles. The van der Waals surface area contributed by atoms with Crippen LogP contribution in [0.3, 0.4) is 0 Å². The number of carbonyl (C=O) groups is 1. The van der Waals surface area contributed by atoms with Crippen LogP contribution >= 0.6 is 23.1 Å². The molecule has 2 aromatic heterocycles. The highest BCUT2D eigenvalue weighted by atomic mass is 32.2. The van der Waals surface area contributed by atoms with Crippen LogP contribution in [0.2, 0.25) is 0 Å². The Kier molecular flexibility index (Phi) is 5.91. The Balaban J connectivity index is 1.42. The molecule has 2 N–H and O–H groups in total. The Bertz CT molecular complexity index is 1240. The van der Waals surface area contributed by atoms with E-state index >= 15 is 0 Å². The van der Waals surface area contributed by atoms with Crippen LogP contribution in [0.1, 0.15) is 16.8 Å². The van der Waals surface area contributed by atoms with Gasteiger partial charge < -0.3 is 10.3 Å². The van der Waals surface area contributed by atoms with Gasteiger partial charge in [-0.2, -0.15) is 0 Å². The zero-order chi connectivity index (χ0) is 21.1. The molecular formula is C21H17FN4O2S2. The highest BCUT2D eigenvalue weighted by Crippen LogP contribution is 2.25. The molecule has 9 heteroatoms. The quantitative estimate of drug-likeness (QED) is 0.345. The van der Waals surface area contributed by atoms with Gasteiger partial charge in [-0.25, -0.2) is 14.4 Å². The number of aromatic amines is 1. The minimum absolute atomic E-state index is 0.0903. The van der Waals surface area contributed by atoms with Crippen molar-refractivity contribution < 1.29 is 9.18 Å². The average Bonchev–Trinajstić information content (AvgIpc) is 3.12. The fraction of sp³-hybridized carbons (Fsp3) is 0.143. The van der Waals surface area contributed by atoms with Crippen LogP contribution in [0.25, 0.3) is 10.2 Å². The van der Waals surface area contributed by atoms with E-state index in [2.05, 4.69) is 20.3 Å². The van der Waals surface area contributed by atoms with E-state index in [0.29, 0.717) is 27.3 Å². The van der Waals surface area contributed by atoms with Gasteiger partial charge in [0.25, 0.3) is 5.56 Å². The summed E-state index contributed by atoms with van der Waals surface area (Å²) in [5.41, 5.74) is 2.21. The number of aryl methyl sites for hydroxylation is 1. The third kappa shape index (κ3) is 4.74. The molecule has 0 aliphatic rings. The summed E-state index contributed by atoms with van der Waals surface area (Å²) < 4.78 is 14.0. The number of thiazole rings is 1. The van der Waals surface area contributed by atoms with Crippen LogP contribution in [0.5, 0.6) is 0 Å². The molecule has 0 aliphatic heterocycles. The van der Waals surface area contributed by atoms with Gasteiger partial charge in [0.05, 0.1) is 16.6 Å². The van der Waals surface area contributed by atoms with Gasteiger partial charge in [0.1, 0.15) is 5.82 Å². The lowest BCUT2D eigenvalue weighted by Crippen LogP contribution is -2.23. The predicted octanol–water partition coefficient (Wildman–Crippen LogP) is 4.30. The van der Waals surface area contributed by atoms with Crippen molar-refractivity contribution in [3.63, 3.8) is 0 Å². The molecule has 0 atom stereocenters. The summed E-state index contributed by atoms with van der Waals surface area (Å²) in [6.07, 6.45) is -0.0903. The summed E-state index contributed by atoms with van der Waals surface area (Å²) in [4.78, 5) is 36.4. The molecule has 6 nitrogen and oxygen atoms in total. The minimum Gasteiger partial charge on any atom is -0.302 e. The number of hydrogen-bond donors (Lipinski definition) is 2. The normalized spacial score (nSPS) is 11.0. The highest BCUT2D eigenvalue weighted by molar-refractivity contribution is 7.98. The van der Waals surface area contributed by atoms with Gasteiger partial charge in [0.15, 0.2) is 10.3 Å². The van der Waals surface area contributed by atoms with Gasteiger partial charge >= 0.3 is 0 Å². The number of anilines is 1. The fourth-order valence-electron chi connectivity index (χ4n) is 2.84. The smallest absolute Gasteiger partial charge is 0.255 e. The Morgan fingerprint density at radius 3 is 2.67 bits per heavy atom. The van der Waals surface area contributed by atoms with Crippen LogP contribution in [-0.4, -0.2) is 20.9 Å². The second kappa shape index (κ2) is 8.76. The molecular weight excluding hydrogens is 423 g/mol. The molecule has 0 spiro atoms. The molecule has 4 aromatic rings. The maximum absolute atomic E-state index is 13.0. The van der Waals surface area contributed by atoms with E-state index in [1.54, 1.807) is 19.1 Å². The number of thioether (sulfide) groups is 1. The third-order valence-electron chi connectivity index (χ3n) is 4.37. The number of para-hydroxylation sites is 1. The number of fused-ring (bicyclic) bond motifs is 1. The van der Waals surface area contributed by atoms with Gasteiger partial charge in [-0.15, -0.1) is 0 Å². The van der Waals surface area contributed by atoms with Crippen LogP contribution in [0.15, 0.2) is 58.5 Å². The SMILES string of the molecule is Cc1nc(SCc2ccc(F)cc2)[nH]c(=O)c1CC(=O)Nc1nc2ccccc2s1. The van der Waals surface area contributed by atoms with Crippen LogP contribution in [0.4, 0.5) is 9.52 Å². The third-order valence-corrected chi connectivity index (χ3v) is 6.26. The summed E-state index contributed by atoms with van der Waals surface area (Å²) in [6, 6.07) is 13.8. The summed E-state index contributed by atoms with van der Waals surface area (Å²) in [6.45, 7) is 1.71. The first-order valence-electron chi connectivity index (χ1n) is 9.10. The fourth-order valence-corrected chi connectivity index (χ4v) is 4.59. The Labute approximate surface area is 179 Å². The summed E-state index contributed by atoms with van der Waals surface area (Å²) in [5, 5.41) is 3.70. The molecule has 0 bridgehead atoms. The lowest BCUT2D eigenvalue weighted by molar-refractivity contribution is -0.115. The molecule has 30 heavy (non-hydrogen) atoms. The van der Waals surface area contributed by atoms with Crippen molar-refractivity contribution in [1.29, 1.82) is 0 Å². The molecule has 0 saturated carbocycles. The maximum atomic E-state index is 13.0. The molecule has 2 aromatic carbocycles. The second-order valence-corrected chi connectivity index (χ2v) is 8.56. The summed E-state index contributed by atoms with van der Waals surface area (Å²) in [7, 11) is 0. The maximum Gasteiger partial charge on any atom is 0.255 e. The van der Waals surface area contributed by atoms with Crippen LogP contribution < -0.4 is 10.9 Å². The monoisotopic (exact) mass is 440 g/mol. The number of nitrogens with zero attached hydrogens (tertiary/aromatic N) is 2. The van der Waals surface area contributed by atoms with E-state index in [1.807, 2.05) is 24.3 Å². The molecule has 152 valence electrons. The van der Waals surface area contributed by atoms with Crippen molar-refractivity contribution >= 4 is 44.4 Å². The second-order valence-electron chi connectivity index (χ2n) is 6.56. The van der Waals surface area contributed by atoms with E-state index in [9.17, 15) is 14.0 Å². The standard InChI is InChI=1S/C21H17FN4O2S2/c1-12-15(10-18(27)25-21-24-16-4-2-3-5-17(16)30-21)19(28)26-20(23-12)29-11-13-6-8-14(22)9-7-13/h2-9H,10-11H2,1H3,(H,23,26,28)(H,24,25,27). The van der Waals surface area contributed by atoms with Crippen molar-refractivity contribution in [2.45, 2.75) is 24.3 Å². The van der Waals surface area contributed by atoms with Gasteiger partial charge in [0, 0.05) is 17.0 Å². The van der Waals surface area contributed by atoms with Gasteiger partial charge in [-0.05, 0) is 36.8 Å². The molecule has 0 radical (unpaired) electrons. The number of amides is 1. The lowest BCUT2D eigenvalue weighted by atomic mass is 10.1. The molecule has 2 heterocycles. The topological polar surface area (TPSA) is 87.7 Å². The van der Waals surface area contributed by atoms with Crippen LogP contribution in [-0.2, 0) is 17.0 Å². The van der Waals surface area contributed by atoms with Crippen molar-refractivity contribution in [1.82, 2.24) is 15.0 Å². The van der Waals surface area contributed by atoms with E-state index in [-0.39, 0.29) is 23.7 Å². The number of benzene rings is 2. The molecule has 0 unspecified atom stereocenters. The lowest BCUT2D eigenvalue weighted by Gasteiger charge is -2.07. The Morgan fingerprint density at radius 1 is 1.17 bits per heavy atom. The van der Waals surface area contributed by atoms with E-state index in [0.717, 1.165) is 15.8 Å². The van der Waals surface area contributed by atoms with Gasteiger partial charge in [-0.3, -0.25) is 9.59 Å². The Hall–Kier alpha value is -3.04. The van der Waals surface area contributed by atoms with Crippen molar-refractivity contribution in [3.8, 4) is 0 Å². The average molecular weight is 441 g/mol. The molecule has 0 fully saturated rings. The Morgan fingerprint density at radius 2 is 1.93 bits per heavy atom. The number of halogens is 1. The molecule has 4 rings (SSSR count). The zero-order valence-electron chi connectivity index (χ0n) is 15.9. The predicted molar refractivity (Wildman–Crippen MR) is 118 cm³/mol.